The predicted octanol–water partition coefficient (Wildman–Crippen LogP) is 0.603. The lowest BCUT2D eigenvalue weighted by Gasteiger charge is -2.22. The summed E-state index contributed by atoms with van der Waals surface area (Å²) >= 11 is 0. The number of amides is 3. The number of carbonyl (C=O) groups excluding carboxylic acids is 2. The zero-order chi connectivity index (χ0) is 16.9. The minimum absolute atomic E-state index is 0.0957. The summed E-state index contributed by atoms with van der Waals surface area (Å²) in [5, 5.41) is 5.77. The number of imide groups is 1. The van der Waals surface area contributed by atoms with Crippen LogP contribution in [0.15, 0.2) is 35.3 Å². The summed E-state index contributed by atoms with van der Waals surface area (Å²) in [7, 11) is 1.76. The molecule has 7 heteroatoms. The first kappa shape index (κ1) is 16.3. The van der Waals surface area contributed by atoms with Gasteiger partial charge in [-0.2, -0.15) is 0 Å². The Morgan fingerprint density at radius 1 is 1.33 bits per heavy atom. The van der Waals surface area contributed by atoms with Crippen molar-refractivity contribution in [2.75, 3.05) is 39.8 Å². The molecule has 0 radical (unpaired) electrons. The van der Waals surface area contributed by atoms with E-state index in [2.05, 4.69) is 44.8 Å². The maximum absolute atomic E-state index is 11.6. The number of likely N-dealkylation sites (tertiary alicyclic amines) is 1. The van der Waals surface area contributed by atoms with Crippen molar-refractivity contribution in [3.8, 4) is 0 Å². The molecule has 7 nitrogen and oxygen atoms in total. The summed E-state index contributed by atoms with van der Waals surface area (Å²) < 4.78 is 0. The van der Waals surface area contributed by atoms with Gasteiger partial charge in [-0.25, -0.2) is 4.79 Å². The standard InChI is InChI=1S/C17H23N5O2/c1-18-16(19-8-10-22-15(23)11-20-17(22)24)21-9-7-14(12-21)13-5-3-2-4-6-13/h2-6,14H,7-12H2,1H3,(H,18,19)(H,20,24). The van der Waals surface area contributed by atoms with Gasteiger partial charge in [-0.1, -0.05) is 30.3 Å². The van der Waals surface area contributed by atoms with Crippen molar-refractivity contribution in [3.63, 3.8) is 0 Å². The van der Waals surface area contributed by atoms with Crippen molar-refractivity contribution in [3.05, 3.63) is 35.9 Å². The van der Waals surface area contributed by atoms with Gasteiger partial charge in [0.2, 0.25) is 5.91 Å². The third-order valence-corrected chi connectivity index (χ3v) is 4.53. The smallest absolute Gasteiger partial charge is 0.324 e. The van der Waals surface area contributed by atoms with E-state index in [0.29, 0.717) is 19.0 Å². The molecule has 1 aromatic carbocycles. The van der Waals surface area contributed by atoms with Gasteiger partial charge < -0.3 is 15.5 Å². The van der Waals surface area contributed by atoms with E-state index in [0.717, 1.165) is 25.5 Å². The van der Waals surface area contributed by atoms with Crippen LogP contribution in [-0.2, 0) is 4.79 Å². The van der Waals surface area contributed by atoms with Crippen LogP contribution < -0.4 is 10.6 Å². The van der Waals surface area contributed by atoms with Gasteiger partial charge in [-0.15, -0.1) is 0 Å². The van der Waals surface area contributed by atoms with Crippen LogP contribution in [0, 0.1) is 0 Å². The van der Waals surface area contributed by atoms with Gasteiger partial charge >= 0.3 is 6.03 Å². The summed E-state index contributed by atoms with van der Waals surface area (Å²) in [4.78, 5) is 30.9. The number of guanidine groups is 1. The van der Waals surface area contributed by atoms with Crippen molar-refractivity contribution < 1.29 is 9.59 Å². The Labute approximate surface area is 141 Å². The molecule has 24 heavy (non-hydrogen) atoms. The van der Waals surface area contributed by atoms with Crippen molar-refractivity contribution >= 4 is 17.9 Å². The van der Waals surface area contributed by atoms with E-state index in [4.69, 9.17) is 0 Å². The first-order chi connectivity index (χ1) is 11.7. The Bertz CT molecular complexity index is 615. The van der Waals surface area contributed by atoms with Gasteiger partial charge in [0.15, 0.2) is 5.96 Å². The van der Waals surface area contributed by atoms with Gasteiger partial charge in [-0.05, 0) is 12.0 Å². The highest BCUT2D eigenvalue weighted by atomic mass is 16.2. The molecule has 2 N–H and O–H groups in total. The average molecular weight is 329 g/mol. The van der Waals surface area contributed by atoms with E-state index < -0.39 is 0 Å². The molecular formula is C17H23N5O2. The second-order valence-corrected chi connectivity index (χ2v) is 6.02. The van der Waals surface area contributed by atoms with Gasteiger partial charge in [0.1, 0.15) is 0 Å². The van der Waals surface area contributed by atoms with Crippen LogP contribution in [0.5, 0.6) is 0 Å². The molecule has 2 saturated heterocycles. The summed E-state index contributed by atoms with van der Waals surface area (Å²) in [5.41, 5.74) is 1.36. The lowest BCUT2D eigenvalue weighted by molar-refractivity contribution is -0.124. The second-order valence-electron chi connectivity index (χ2n) is 6.02. The van der Waals surface area contributed by atoms with Crippen LogP contribution in [0.3, 0.4) is 0 Å². The van der Waals surface area contributed by atoms with E-state index in [1.807, 2.05) is 6.07 Å². The molecule has 0 aromatic heterocycles. The number of aliphatic imine (C=N–C) groups is 1. The monoisotopic (exact) mass is 329 g/mol. The van der Waals surface area contributed by atoms with Crippen LogP contribution >= 0.6 is 0 Å². The summed E-state index contributed by atoms with van der Waals surface area (Å²) in [5.74, 6) is 1.15. The number of hydrogen-bond donors (Lipinski definition) is 2. The van der Waals surface area contributed by atoms with Gasteiger partial charge in [0.25, 0.3) is 0 Å². The second kappa shape index (κ2) is 7.33. The van der Waals surface area contributed by atoms with E-state index in [-0.39, 0.29) is 18.5 Å². The number of hydrogen-bond acceptors (Lipinski definition) is 3. The van der Waals surface area contributed by atoms with Crippen molar-refractivity contribution in [2.45, 2.75) is 12.3 Å². The topological polar surface area (TPSA) is 77.0 Å². The number of benzene rings is 1. The number of nitrogens with zero attached hydrogens (tertiary/aromatic N) is 3. The molecule has 2 aliphatic heterocycles. The molecule has 1 atom stereocenters. The molecule has 3 rings (SSSR count). The zero-order valence-electron chi connectivity index (χ0n) is 13.9. The molecule has 0 bridgehead atoms. The van der Waals surface area contributed by atoms with E-state index in [9.17, 15) is 9.59 Å². The molecule has 3 amide bonds. The molecule has 2 fully saturated rings. The quantitative estimate of drug-likeness (QED) is 0.482. The number of rotatable bonds is 4. The first-order valence-corrected chi connectivity index (χ1v) is 8.28. The highest BCUT2D eigenvalue weighted by Crippen LogP contribution is 2.26. The van der Waals surface area contributed by atoms with Gasteiger partial charge in [-0.3, -0.25) is 14.7 Å². The summed E-state index contributed by atoms with van der Waals surface area (Å²) in [6, 6.07) is 10.2. The Balaban J connectivity index is 1.50. The maximum Gasteiger partial charge on any atom is 0.324 e. The largest absolute Gasteiger partial charge is 0.354 e. The fraction of sp³-hybridized carbons (Fsp3) is 0.471. The van der Waals surface area contributed by atoms with Crippen LogP contribution in [0.1, 0.15) is 17.9 Å². The normalized spacial score (nSPS) is 21.4. The minimum atomic E-state index is -0.317. The van der Waals surface area contributed by atoms with Gasteiger partial charge in [0.05, 0.1) is 6.54 Å². The lowest BCUT2D eigenvalue weighted by Crippen LogP contribution is -2.44. The summed E-state index contributed by atoms with van der Waals surface area (Å²) in [6.45, 7) is 2.81. The van der Waals surface area contributed by atoms with E-state index in [1.54, 1.807) is 7.05 Å². The molecule has 0 spiro atoms. The maximum atomic E-state index is 11.6. The molecule has 1 unspecified atom stereocenters. The Morgan fingerprint density at radius 3 is 2.79 bits per heavy atom. The highest BCUT2D eigenvalue weighted by molar-refractivity contribution is 6.01. The fourth-order valence-corrected chi connectivity index (χ4v) is 3.24. The third kappa shape index (κ3) is 3.50. The van der Waals surface area contributed by atoms with E-state index >= 15 is 0 Å². The van der Waals surface area contributed by atoms with Crippen molar-refractivity contribution in [1.29, 1.82) is 0 Å². The molecule has 2 aliphatic rings. The zero-order valence-corrected chi connectivity index (χ0v) is 13.9. The van der Waals surface area contributed by atoms with Gasteiger partial charge in [0, 0.05) is 39.1 Å². The third-order valence-electron chi connectivity index (χ3n) is 4.53. The number of urea groups is 1. The minimum Gasteiger partial charge on any atom is -0.354 e. The summed E-state index contributed by atoms with van der Waals surface area (Å²) in [6.07, 6.45) is 1.09. The molecular weight excluding hydrogens is 306 g/mol. The highest BCUT2D eigenvalue weighted by Gasteiger charge is 2.29. The van der Waals surface area contributed by atoms with Crippen LogP contribution in [0.2, 0.25) is 0 Å². The van der Waals surface area contributed by atoms with E-state index in [1.165, 1.54) is 10.5 Å². The average Bonchev–Trinajstić information content (AvgIpc) is 3.21. The molecule has 1 aromatic rings. The van der Waals surface area contributed by atoms with Crippen LogP contribution in [0.4, 0.5) is 4.79 Å². The first-order valence-electron chi connectivity index (χ1n) is 8.28. The lowest BCUT2D eigenvalue weighted by atomic mass is 9.99. The molecule has 128 valence electrons. The predicted molar refractivity (Wildman–Crippen MR) is 91.8 cm³/mol. The van der Waals surface area contributed by atoms with Crippen LogP contribution in [0.25, 0.3) is 0 Å². The SMILES string of the molecule is CN=C(NCCN1C(=O)CNC1=O)N1CCC(c2ccccc2)C1. The Kier molecular flexibility index (Phi) is 4.98. The number of nitrogens with one attached hydrogen (secondary N) is 2. The fourth-order valence-electron chi connectivity index (χ4n) is 3.24. The van der Waals surface area contributed by atoms with Crippen molar-refractivity contribution in [1.82, 2.24) is 20.4 Å². The number of carbonyl (C=O) groups is 2. The molecule has 0 saturated carbocycles. The Morgan fingerprint density at radius 2 is 2.12 bits per heavy atom. The Hall–Kier alpha value is -2.57. The van der Waals surface area contributed by atoms with Crippen LogP contribution in [-0.4, -0.2) is 67.5 Å². The molecule has 0 aliphatic carbocycles. The molecule has 2 heterocycles. The van der Waals surface area contributed by atoms with Crippen molar-refractivity contribution in [2.24, 2.45) is 4.99 Å².